The fraction of sp³-hybridized carbons (Fsp3) is 0.423. The summed E-state index contributed by atoms with van der Waals surface area (Å²) in [5, 5.41) is 6.12. The smallest absolute Gasteiger partial charge is 0.333 e. The molecule has 0 aromatic heterocycles. The molecule has 4 amide bonds. The number of carbonyl (C=O) groups is 3. The van der Waals surface area contributed by atoms with Crippen molar-refractivity contribution in [3.63, 3.8) is 0 Å². The number of carbonyl (C=O) groups excluding carboxylic acids is 3. The van der Waals surface area contributed by atoms with E-state index in [1.165, 1.54) is 12.1 Å². The predicted octanol–water partition coefficient (Wildman–Crippen LogP) is 2.95. The van der Waals surface area contributed by atoms with Gasteiger partial charge in [0.15, 0.2) is 0 Å². The maximum atomic E-state index is 13.5. The Balaban J connectivity index is 1.59. The molecule has 0 bridgehead atoms. The Morgan fingerprint density at radius 1 is 1.06 bits per heavy atom. The molecule has 2 aromatic rings. The summed E-state index contributed by atoms with van der Waals surface area (Å²) in [6.07, 6.45) is 1.57. The number of piperazine rings is 1. The van der Waals surface area contributed by atoms with Gasteiger partial charge in [-0.25, -0.2) is 19.2 Å². The number of rotatable bonds is 7. The highest BCUT2D eigenvalue weighted by Crippen LogP contribution is 2.29. The fourth-order valence-electron chi connectivity index (χ4n) is 4.79. The van der Waals surface area contributed by atoms with Crippen LogP contribution >= 0.6 is 0 Å². The highest BCUT2D eigenvalue weighted by Gasteiger charge is 2.50. The molecular weight excluding hydrogens is 449 g/mol. The van der Waals surface area contributed by atoms with E-state index in [2.05, 4.69) is 5.32 Å². The number of halogens is 1. The standard InChI is InChI=1S/C26H32FN5O3/c1-3-4-10-22-25(34)30(16-20-11-13-21(27)14-12-20)17-23-31(22)24(33)18-29(2)32(23)26(35)28-15-19-8-6-5-7-9-19/h5-9,11-14,22-23H,3-4,10,15-18H2,1-2H3,(H,28,35)/t22-,23-/m0/s1. The maximum absolute atomic E-state index is 13.5. The van der Waals surface area contributed by atoms with Crippen molar-refractivity contribution < 1.29 is 18.8 Å². The lowest BCUT2D eigenvalue weighted by Gasteiger charge is -2.54. The van der Waals surface area contributed by atoms with Gasteiger partial charge in [0.1, 0.15) is 18.0 Å². The number of likely N-dealkylation sites (N-methyl/N-ethyl adjacent to an activating group) is 1. The number of benzene rings is 2. The molecular formula is C26H32FN5O3. The molecule has 0 spiro atoms. The summed E-state index contributed by atoms with van der Waals surface area (Å²) >= 11 is 0. The lowest BCUT2D eigenvalue weighted by Crippen LogP contribution is -2.75. The molecule has 35 heavy (non-hydrogen) atoms. The third-order valence-corrected chi connectivity index (χ3v) is 6.55. The van der Waals surface area contributed by atoms with Crippen molar-refractivity contribution in [3.8, 4) is 0 Å². The molecule has 2 atom stereocenters. The van der Waals surface area contributed by atoms with Crippen LogP contribution in [0.2, 0.25) is 0 Å². The molecule has 0 saturated carbocycles. The quantitative estimate of drug-likeness (QED) is 0.660. The van der Waals surface area contributed by atoms with E-state index in [0.717, 1.165) is 24.0 Å². The number of nitrogens with one attached hydrogen (secondary N) is 1. The second kappa shape index (κ2) is 10.9. The first-order valence-corrected chi connectivity index (χ1v) is 12.1. The molecule has 4 rings (SSSR count). The van der Waals surface area contributed by atoms with Gasteiger partial charge in [-0.1, -0.05) is 62.2 Å². The number of fused-ring (bicyclic) bond motifs is 1. The summed E-state index contributed by atoms with van der Waals surface area (Å²) in [6, 6.07) is 14.7. The highest BCUT2D eigenvalue weighted by molar-refractivity contribution is 5.91. The van der Waals surface area contributed by atoms with Crippen molar-refractivity contribution in [2.24, 2.45) is 0 Å². The van der Waals surface area contributed by atoms with E-state index in [1.807, 2.05) is 37.3 Å². The Labute approximate surface area is 205 Å². The highest BCUT2D eigenvalue weighted by atomic mass is 19.1. The molecule has 2 fully saturated rings. The van der Waals surface area contributed by atoms with Crippen LogP contribution in [0, 0.1) is 5.82 Å². The van der Waals surface area contributed by atoms with Gasteiger partial charge in [-0.2, -0.15) is 0 Å². The summed E-state index contributed by atoms with van der Waals surface area (Å²) in [4.78, 5) is 43.2. The van der Waals surface area contributed by atoms with Crippen molar-refractivity contribution in [3.05, 3.63) is 71.5 Å². The largest absolute Gasteiger partial charge is 0.334 e. The maximum Gasteiger partial charge on any atom is 0.334 e. The zero-order valence-corrected chi connectivity index (χ0v) is 20.2. The molecule has 2 aliphatic rings. The summed E-state index contributed by atoms with van der Waals surface area (Å²) in [5.41, 5.74) is 1.75. The van der Waals surface area contributed by atoms with E-state index in [9.17, 15) is 18.8 Å². The van der Waals surface area contributed by atoms with Crippen LogP contribution in [0.1, 0.15) is 37.3 Å². The lowest BCUT2D eigenvalue weighted by atomic mass is 10.0. The minimum Gasteiger partial charge on any atom is -0.333 e. The number of amides is 4. The van der Waals surface area contributed by atoms with Crippen LogP contribution in [-0.4, -0.2) is 70.0 Å². The van der Waals surface area contributed by atoms with Crippen molar-refractivity contribution >= 4 is 17.8 Å². The molecule has 0 radical (unpaired) electrons. The molecule has 2 aromatic carbocycles. The average Bonchev–Trinajstić information content (AvgIpc) is 2.85. The van der Waals surface area contributed by atoms with Gasteiger partial charge in [0.2, 0.25) is 11.8 Å². The third kappa shape index (κ3) is 5.45. The fourth-order valence-corrected chi connectivity index (χ4v) is 4.79. The molecule has 2 heterocycles. The van der Waals surface area contributed by atoms with Crippen molar-refractivity contribution in [1.82, 2.24) is 25.1 Å². The van der Waals surface area contributed by atoms with E-state index < -0.39 is 12.2 Å². The number of hydrogen-bond donors (Lipinski definition) is 1. The Kier molecular flexibility index (Phi) is 7.65. The zero-order chi connectivity index (χ0) is 24.9. The van der Waals surface area contributed by atoms with Crippen LogP contribution in [0.3, 0.4) is 0 Å². The molecule has 1 N–H and O–H groups in total. The van der Waals surface area contributed by atoms with Crippen molar-refractivity contribution in [2.45, 2.75) is 51.5 Å². The van der Waals surface area contributed by atoms with Gasteiger partial charge >= 0.3 is 6.03 Å². The minimum atomic E-state index is -0.639. The monoisotopic (exact) mass is 481 g/mol. The van der Waals surface area contributed by atoms with Gasteiger partial charge in [-0.05, 0) is 29.7 Å². The Bertz CT molecular complexity index is 1050. The van der Waals surface area contributed by atoms with Crippen molar-refractivity contribution in [2.75, 3.05) is 20.1 Å². The van der Waals surface area contributed by atoms with Crippen LogP contribution in [-0.2, 0) is 22.7 Å². The molecule has 8 nitrogen and oxygen atoms in total. The second-order valence-electron chi connectivity index (χ2n) is 9.09. The van der Waals surface area contributed by atoms with E-state index in [1.54, 1.807) is 39.0 Å². The van der Waals surface area contributed by atoms with Gasteiger partial charge in [-0.15, -0.1) is 0 Å². The summed E-state index contributed by atoms with van der Waals surface area (Å²) in [7, 11) is 1.71. The van der Waals surface area contributed by atoms with Crippen LogP contribution in [0.25, 0.3) is 0 Å². The van der Waals surface area contributed by atoms with Gasteiger partial charge in [0, 0.05) is 20.1 Å². The third-order valence-electron chi connectivity index (χ3n) is 6.55. The molecule has 9 heteroatoms. The number of hydrazine groups is 1. The lowest BCUT2D eigenvalue weighted by molar-refractivity contribution is -0.188. The molecule has 186 valence electrons. The normalized spacial score (nSPS) is 20.7. The predicted molar refractivity (Wildman–Crippen MR) is 129 cm³/mol. The molecule has 2 aliphatic heterocycles. The Morgan fingerprint density at radius 2 is 1.77 bits per heavy atom. The summed E-state index contributed by atoms with van der Waals surface area (Å²) < 4.78 is 13.4. The number of urea groups is 1. The average molecular weight is 482 g/mol. The first-order chi connectivity index (χ1) is 16.9. The van der Waals surface area contributed by atoms with E-state index in [0.29, 0.717) is 13.0 Å². The van der Waals surface area contributed by atoms with E-state index in [-0.39, 0.29) is 43.3 Å². The topological polar surface area (TPSA) is 76.2 Å². The molecule has 2 saturated heterocycles. The van der Waals surface area contributed by atoms with Crippen LogP contribution < -0.4 is 5.32 Å². The van der Waals surface area contributed by atoms with Gasteiger partial charge in [0.25, 0.3) is 0 Å². The van der Waals surface area contributed by atoms with Crippen LogP contribution in [0.15, 0.2) is 54.6 Å². The zero-order valence-electron chi connectivity index (χ0n) is 20.2. The van der Waals surface area contributed by atoms with E-state index >= 15 is 0 Å². The Morgan fingerprint density at radius 3 is 2.46 bits per heavy atom. The summed E-state index contributed by atoms with van der Waals surface area (Å²) in [5.74, 6) is -0.645. The van der Waals surface area contributed by atoms with Crippen LogP contribution in [0.4, 0.5) is 9.18 Å². The summed E-state index contributed by atoms with van der Waals surface area (Å²) in [6.45, 7) is 2.86. The number of unbranched alkanes of at least 4 members (excludes halogenated alkanes) is 1. The molecule has 0 aliphatic carbocycles. The van der Waals surface area contributed by atoms with Gasteiger partial charge < -0.3 is 15.1 Å². The number of hydrogen-bond acceptors (Lipinski definition) is 4. The Hall–Kier alpha value is -3.46. The first kappa shape index (κ1) is 24.7. The van der Waals surface area contributed by atoms with Crippen LogP contribution in [0.5, 0.6) is 0 Å². The van der Waals surface area contributed by atoms with Gasteiger partial charge in [0.05, 0.1) is 13.1 Å². The van der Waals surface area contributed by atoms with E-state index in [4.69, 9.17) is 0 Å². The molecule has 0 unspecified atom stereocenters. The van der Waals surface area contributed by atoms with Crippen molar-refractivity contribution in [1.29, 1.82) is 0 Å². The second-order valence-corrected chi connectivity index (χ2v) is 9.09. The number of nitrogens with zero attached hydrogens (tertiary/aromatic N) is 4. The minimum absolute atomic E-state index is 0.0170. The first-order valence-electron chi connectivity index (χ1n) is 12.1. The SMILES string of the molecule is CCCC[C@H]1C(=O)N(Cc2ccc(F)cc2)C[C@H]2N1C(=O)CN(C)N2C(=O)NCc1ccccc1. The van der Waals surface area contributed by atoms with Gasteiger partial charge in [-0.3, -0.25) is 9.59 Å².